The molecule has 4 rings (SSSR count). The summed E-state index contributed by atoms with van der Waals surface area (Å²) in [5, 5.41) is 0. The van der Waals surface area contributed by atoms with Crippen LogP contribution in [0.3, 0.4) is 0 Å². The molecule has 6 heteroatoms. The molecule has 0 radical (unpaired) electrons. The van der Waals surface area contributed by atoms with Crippen LogP contribution in [-0.4, -0.2) is 33.0 Å². The maximum absolute atomic E-state index is 13.4. The van der Waals surface area contributed by atoms with Gasteiger partial charge in [0.25, 0.3) is 0 Å². The number of carbonyl (C=O) groups is 2. The van der Waals surface area contributed by atoms with Crippen molar-refractivity contribution in [1.82, 2.24) is 0 Å². The number of nitrogens with zero attached hydrogens (tertiary/aromatic N) is 1. The quantitative estimate of drug-likeness (QED) is 0.709. The molecule has 0 N–H and O–H groups in total. The average Bonchev–Trinajstić information content (AvgIpc) is 2.78. The smallest absolute Gasteiger partial charge is 0.232 e. The highest BCUT2D eigenvalue weighted by atomic mass is 16.5. The van der Waals surface area contributed by atoms with E-state index in [0.717, 1.165) is 28.9 Å². The lowest BCUT2D eigenvalue weighted by atomic mass is 9.76. The predicted octanol–water partition coefficient (Wildman–Crippen LogP) is 4.55. The first-order valence-electron chi connectivity index (χ1n) is 10.4. The van der Waals surface area contributed by atoms with Gasteiger partial charge in [-0.3, -0.25) is 14.5 Å². The first kappa shape index (κ1) is 21.0. The number of Topliss-reactive ketones (excluding diaryl/α,β-unsaturated/α-hetero) is 1. The van der Waals surface area contributed by atoms with Crippen molar-refractivity contribution in [2.24, 2.45) is 0 Å². The zero-order chi connectivity index (χ0) is 22.1. The molecule has 1 amide bonds. The molecule has 2 aliphatic rings. The number of anilines is 1. The van der Waals surface area contributed by atoms with Gasteiger partial charge >= 0.3 is 0 Å². The van der Waals surface area contributed by atoms with E-state index in [4.69, 9.17) is 14.2 Å². The molecule has 0 saturated carbocycles. The molecule has 1 heterocycles. The minimum Gasteiger partial charge on any atom is -0.496 e. The van der Waals surface area contributed by atoms with Crippen molar-refractivity contribution in [2.75, 3.05) is 26.2 Å². The number of aryl methyl sites for hydroxylation is 1. The number of rotatable bonds is 5. The SMILES string of the molecule is COc1cc(OC)c([C@H]2CC(=O)N(c3ccc(C)cc3)C3=C2C(=O)CCC3)cc1OC. The van der Waals surface area contributed by atoms with Crippen LogP contribution in [0.4, 0.5) is 5.69 Å². The molecule has 0 spiro atoms. The molecule has 0 unspecified atom stereocenters. The summed E-state index contributed by atoms with van der Waals surface area (Å²) in [5.74, 6) is 1.33. The van der Waals surface area contributed by atoms with Crippen molar-refractivity contribution in [3.63, 3.8) is 0 Å². The molecule has 162 valence electrons. The minimum absolute atomic E-state index is 0.0286. The fourth-order valence-corrected chi connectivity index (χ4v) is 4.58. The summed E-state index contributed by atoms with van der Waals surface area (Å²) in [6.07, 6.45) is 2.10. The van der Waals surface area contributed by atoms with Gasteiger partial charge in [-0.05, 0) is 38.0 Å². The number of amides is 1. The molecule has 2 aromatic carbocycles. The Morgan fingerprint density at radius 1 is 0.871 bits per heavy atom. The molecule has 1 aliphatic heterocycles. The Balaban J connectivity index is 1.89. The van der Waals surface area contributed by atoms with E-state index >= 15 is 0 Å². The van der Waals surface area contributed by atoms with E-state index in [1.165, 1.54) is 0 Å². The van der Waals surface area contributed by atoms with Crippen LogP contribution in [-0.2, 0) is 9.59 Å². The van der Waals surface area contributed by atoms with E-state index in [9.17, 15) is 9.59 Å². The Kier molecular flexibility index (Phi) is 5.72. The Labute approximate surface area is 182 Å². The Morgan fingerprint density at radius 2 is 1.52 bits per heavy atom. The number of carbonyl (C=O) groups excluding carboxylic acids is 2. The van der Waals surface area contributed by atoms with Gasteiger partial charge in [-0.25, -0.2) is 0 Å². The fourth-order valence-electron chi connectivity index (χ4n) is 4.58. The van der Waals surface area contributed by atoms with Crippen molar-refractivity contribution in [3.8, 4) is 17.2 Å². The number of ether oxygens (including phenoxy) is 3. The van der Waals surface area contributed by atoms with Gasteiger partial charge in [-0.15, -0.1) is 0 Å². The van der Waals surface area contributed by atoms with E-state index in [1.54, 1.807) is 32.3 Å². The molecule has 0 aromatic heterocycles. The highest BCUT2D eigenvalue weighted by molar-refractivity contribution is 6.07. The lowest BCUT2D eigenvalue weighted by Crippen LogP contribution is -2.40. The van der Waals surface area contributed by atoms with Crippen molar-refractivity contribution < 1.29 is 23.8 Å². The summed E-state index contributed by atoms with van der Waals surface area (Å²) in [6.45, 7) is 2.01. The Bertz CT molecular complexity index is 1050. The summed E-state index contributed by atoms with van der Waals surface area (Å²) in [5.41, 5.74) is 4.19. The molecule has 0 fully saturated rings. The maximum atomic E-state index is 13.4. The van der Waals surface area contributed by atoms with Crippen LogP contribution in [0.15, 0.2) is 47.7 Å². The van der Waals surface area contributed by atoms with Crippen LogP contribution in [0.2, 0.25) is 0 Å². The Hall–Kier alpha value is -3.28. The molecule has 31 heavy (non-hydrogen) atoms. The summed E-state index contributed by atoms with van der Waals surface area (Å²) >= 11 is 0. The van der Waals surface area contributed by atoms with E-state index in [1.807, 2.05) is 37.3 Å². The van der Waals surface area contributed by atoms with Gasteiger partial charge in [-0.1, -0.05) is 17.7 Å². The van der Waals surface area contributed by atoms with Crippen LogP contribution in [0.1, 0.15) is 42.7 Å². The van der Waals surface area contributed by atoms with E-state index < -0.39 is 0 Å². The normalized spacial score (nSPS) is 18.7. The van der Waals surface area contributed by atoms with Crippen molar-refractivity contribution in [1.29, 1.82) is 0 Å². The number of hydrogen-bond acceptors (Lipinski definition) is 5. The summed E-state index contributed by atoms with van der Waals surface area (Å²) in [4.78, 5) is 28.3. The summed E-state index contributed by atoms with van der Waals surface area (Å²) in [7, 11) is 4.70. The predicted molar refractivity (Wildman–Crippen MR) is 118 cm³/mol. The van der Waals surface area contributed by atoms with Gasteiger partial charge in [0.1, 0.15) is 5.75 Å². The van der Waals surface area contributed by atoms with E-state index in [-0.39, 0.29) is 24.0 Å². The van der Waals surface area contributed by atoms with Crippen molar-refractivity contribution in [3.05, 3.63) is 58.8 Å². The van der Waals surface area contributed by atoms with Gasteiger partial charge < -0.3 is 14.2 Å². The molecule has 0 saturated heterocycles. The number of benzene rings is 2. The number of allylic oxidation sites excluding steroid dienone is 2. The molecule has 6 nitrogen and oxygen atoms in total. The van der Waals surface area contributed by atoms with Crippen LogP contribution >= 0.6 is 0 Å². The van der Waals surface area contributed by atoms with Crippen molar-refractivity contribution >= 4 is 17.4 Å². The monoisotopic (exact) mass is 421 g/mol. The van der Waals surface area contributed by atoms with E-state index in [2.05, 4.69) is 0 Å². The lowest BCUT2D eigenvalue weighted by Gasteiger charge is -2.38. The highest BCUT2D eigenvalue weighted by Crippen LogP contribution is 2.48. The van der Waals surface area contributed by atoms with Gasteiger partial charge in [0, 0.05) is 47.3 Å². The molecule has 1 aliphatic carbocycles. The second-order valence-electron chi connectivity index (χ2n) is 7.91. The van der Waals surface area contributed by atoms with Crippen molar-refractivity contribution in [2.45, 2.75) is 38.5 Å². The molecular formula is C25H27NO5. The first-order chi connectivity index (χ1) is 15.0. The average molecular weight is 421 g/mol. The van der Waals surface area contributed by atoms with Crippen LogP contribution in [0, 0.1) is 6.92 Å². The number of hydrogen-bond donors (Lipinski definition) is 0. The second kappa shape index (κ2) is 8.46. The zero-order valence-electron chi connectivity index (χ0n) is 18.4. The zero-order valence-corrected chi connectivity index (χ0v) is 18.4. The standard InChI is InChI=1S/C25H27NO5/c1-15-8-10-16(11-9-15)26-19-6-5-7-20(27)25(19)18(13-24(26)28)17-12-22(30-3)23(31-4)14-21(17)29-2/h8-12,14,18H,5-7,13H2,1-4H3/t18-/m1/s1. The lowest BCUT2D eigenvalue weighted by molar-refractivity contribution is -0.119. The van der Waals surface area contributed by atoms with Crippen LogP contribution in [0.5, 0.6) is 17.2 Å². The van der Waals surface area contributed by atoms with E-state index in [0.29, 0.717) is 35.7 Å². The number of ketones is 1. The van der Waals surface area contributed by atoms with Crippen LogP contribution < -0.4 is 19.1 Å². The molecule has 0 bridgehead atoms. The van der Waals surface area contributed by atoms with Gasteiger partial charge in [0.05, 0.1) is 21.3 Å². The Morgan fingerprint density at radius 3 is 2.16 bits per heavy atom. The maximum Gasteiger partial charge on any atom is 0.232 e. The highest BCUT2D eigenvalue weighted by Gasteiger charge is 2.41. The third-order valence-electron chi connectivity index (χ3n) is 6.08. The molecule has 2 aromatic rings. The largest absolute Gasteiger partial charge is 0.496 e. The third-order valence-corrected chi connectivity index (χ3v) is 6.08. The number of methoxy groups -OCH3 is 3. The summed E-state index contributed by atoms with van der Waals surface area (Å²) in [6, 6.07) is 11.4. The van der Waals surface area contributed by atoms with Gasteiger partial charge in [0.2, 0.25) is 5.91 Å². The topological polar surface area (TPSA) is 65.1 Å². The van der Waals surface area contributed by atoms with Gasteiger partial charge in [-0.2, -0.15) is 0 Å². The molecular weight excluding hydrogens is 394 g/mol. The third kappa shape index (κ3) is 3.67. The van der Waals surface area contributed by atoms with Crippen LogP contribution in [0.25, 0.3) is 0 Å². The van der Waals surface area contributed by atoms with Gasteiger partial charge in [0.15, 0.2) is 17.3 Å². The minimum atomic E-state index is -0.383. The molecule has 1 atom stereocenters. The summed E-state index contributed by atoms with van der Waals surface area (Å²) < 4.78 is 16.5. The second-order valence-corrected chi connectivity index (χ2v) is 7.91. The first-order valence-corrected chi connectivity index (χ1v) is 10.4. The fraction of sp³-hybridized carbons (Fsp3) is 0.360.